The molecule has 4 nitrogen and oxygen atoms in total. The zero-order chi connectivity index (χ0) is 17.4. The first-order chi connectivity index (χ1) is 12.0. The third-order valence-corrected chi connectivity index (χ3v) is 6.19. The molecule has 0 radical (unpaired) electrons. The van der Waals surface area contributed by atoms with Gasteiger partial charge in [0.2, 0.25) is 0 Å². The zero-order valence-electron chi connectivity index (χ0n) is 13.4. The molecule has 0 saturated heterocycles. The molecule has 1 heterocycles. The van der Waals surface area contributed by atoms with Crippen LogP contribution in [-0.4, -0.2) is 15.0 Å². The first-order valence-electron chi connectivity index (χ1n) is 8.07. The third-order valence-electron chi connectivity index (χ3n) is 4.49. The maximum atomic E-state index is 12.9. The fraction of sp³-hybridized carbons (Fsp3) is 0.158. The van der Waals surface area contributed by atoms with Crippen molar-refractivity contribution in [1.29, 1.82) is 0 Å². The maximum absolute atomic E-state index is 12.9. The molecule has 25 heavy (non-hydrogen) atoms. The molecule has 0 unspecified atom stereocenters. The molecule has 0 fully saturated rings. The lowest BCUT2D eigenvalue weighted by Crippen LogP contribution is -2.25. The van der Waals surface area contributed by atoms with Crippen LogP contribution in [0.2, 0.25) is 5.02 Å². The van der Waals surface area contributed by atoms with Crippen molar-refractivity contribution in [2.45, 2.75) is 17.9 Å². The third kappa shape index (κ3) is 3.11. The minimum atomic E-state index is -3.66. The molecule has 1 aliphatic rings. The summed E-state index contributed by atoms with van der Waals surface area (Å²) < 4.78 is 28.5. The second-order valence-corrected chi connectivity index (χ2v) is 8.19. The Balaban J connectivity index is 1.73. The number of hydrogen-bond acceptors (Lipinski definition) is 3. The largest absolute Gasteiger partial charge is 0.312 e. The van der Waals surface area contributed by atoms with Gasteiger partial charge in [-0.2, -0.15) is 0 Å². The van der Waals surface area contributed by atoms with Crippen LogP contribution in [0.1, 0.15) is 11.1 Å². The van der Waals surface area contributed by atoms with E-state index in [-0.39, 0.29) is 4.90 Å². The van der Waals surface area contributed by atoms with Gasteiger partial charge in [0.25, 0.3) is 10.0 Å². The van der Waals surface area contributed by atoms with Crippen molar-refractivity contribution in [2.24, 2.45) is 0 Å². The minimum absolute atomic E-state index is 0.230. The van der Waals surface area contributed by atoms with E-state index in [1.165, 1.54) is 0 Å². The maximum Gasteiger partial charge on any atom is 0.261 e. The van der Waals surface area contributed by atoms with Gasteiger partial charge < -0.3 is 5.32 Å². The van der Waals surface area contributed by atoms with E-state index in [4.69, 9.17) is 11.6 Å². The molecule has 6 heteroatoms. The van der Waals surface area contributed by atoms with E-state index in [2.05, 4.69) is 10.0 Å². The Labute approximate surface area is 151 Å². The summed E-state index contributed by atoms with van der Waals surface area (Å²) in [6, 6.07) is 16.2. The highest BCUT2D eigenvalue weighted by atomic mass is 35.5. The second kappa shape index (κ2) is 6.33. The molecule has 0 aliphatic carbocycles. The van der Waals surface area contributed by atoms with Gasteiger partial charge in [0.15, 0.2) is 0 Å². The Morgan fingerprint density at radius 2 is 1.88 bits per heavy atom. The van der Waals surface area contributed by atoms with Gasteiger partial charge in [-0.05, 0) is 53.7 Å². The normalized spacial score (nSPS) is 14.3. The Hall–Kier alpha value is -2.08. The number of halogens is 1. The fourth-order valence-corrected chi connectivity index (χ4v) is 4.59. The smallest absolute Gasteiger partial charge is 0.261 e. The molecule has 0 aromatic heterocycles. The van der Waals surface area contributed by atoms with Crippen LogP contribution in [0.25, 0.3) is 10.8 Å². The Morgan fingerprint density at radius 3 is 2.76 bits per heavy atom. The molecule has 1 aliphatic heterocycles. The second-order valence-electron chi connectivity index (χ2n) is 6.10. The number of anilines is 1. The van der Waals surface area contributed by atoms with E-state index in [9.17, 15) is 8.42 Å². The number of sulfonamides is 1. The zero-order valence-corrected chi connectivity index (χ0v) is 15.0. The molecule has 0 saturated carbocycles. The summed E-state index contributed by atoms with van der Waals surface area (Å²) in [6.45, 7) is 1.61. The van der Waals surface area contributed by atoms with Crippen LogP contribution in [0.15, 0.2) is 59.5 Å². The molecular weight excluding hydrogens is 356 g/mol. The van der Waals surface area contributed by atoms with Crippen molar-refractivity contribution < 1.29 is 8.42 Å². The van der Waals surface area contributed by atoms with Crippen molar-refractivity contribution in [3.63, 3.8) is 0 Å². The SMILES string of the molecule is O=S(=O)(Nc1cccc2c1CCNC2)c1ccc2c(Cl)cccc2c1. The lowest BCUT2D eigenvalue weighted by atomic mass is 9.99. The van der Waals surface area contributed by atoms with Crippen molar-refractivity contribution in [3.05, 3.63) is 70.7 Å². The van der Waals surface area contributed by atoms with Gasteiger partial charge in [-0.15, -0.1) is 0 Å². The van der Waals surface area contributed by atoms with Gasteiger partial charge in [0.05, 0.1) is 10.6 Å². The van der Waals surface area contributed by atoms with Crippen LogP contribution in [0, 0.1) is 0 Å². The molecule has 128 valence electrons. The van der Waals surface area contributed by atoms with Crippen molar-refractivity contribution in [2.75, 3.05) is 11.3 Å². The molecule has 0 spiro atoms. The van der Waals surface area contributed by atoms with Crippen LogP contribution < -0.4 is 10.0 Å². The summed E-state index contributed by atoms with van der Waals surface area (Å²) in [6.07, 6.45) is 0.807. The van der Waals surface area contributed by atoms with E-state index in [1.807, 2.05) is 30.3 Å². The van der Waals surface area contributed by atoms with Gasteiger partial charge in [-0.25, -0.2) is 8.42 Å². The summed E-state index contributed by atoms with van der Waals surface area (Å²) in [7, 11) is -3.66. The Morgan fingerprint density at radius 1 is 1.04 bits per heavy atom. The topological polar surface area (TPSA) is 58.2 Å². The molecule has 4 rings (SSSR count). The monoisotopic (exact) mass is 372 g/mol. The lowest BCUT2D eigenvalue weighted by molar-refractivity contribution is 0.601. The van der Waals surface area contributed by atoms with Crippen LogP contribution in [0.4, 0.5) is 5.69 Å². The van der Waals surface area contributed by atoms with E-state index in [1.54, 1.807) is 24.3 Å². The quantitative estimate of drug-likeness (QED) is 0.732. The molecule has 0 bridgehead atoms. The highest BCUT2D eigenvalue weighted by molar-refractivity contribution is 7.92. The van der Waals surface area contributed by atoms with Crippen molar-refractivity contribution >= 4 is 38.1 Å². The predicted molar refractivity (Wildman–Crippen MR) is 102 cm³/mol. The van der Waals surface area contributed by atoms with Crippen LogP contribution in [-0.2, 0) is 23.0 Å². The Bertz CT molecular complexity index is 1060. The average molecular weight is 373 g/mol. The van der Waals surface area contributed by atoms with Crippen molar-refractivity contribution in [1.82, 2.24) is 5.32 Å². The number of benzene rings is 3. The predicted octanol–water partition coefficient (Wildman–Crippen LogP) is 3.94. The van der Waals surface area contributed by atoms with Crippen LogP contribution in [0.5, 0.6) is 0 Å². The number of hydrogen-bond donors (Lipinski definition) is 2. The summed E-state index contributed by atoms with van der Waals surface area (Å²) in [5.74, 6) is 0. The number of nitrogens with one attached hydrogen (secondary N) is 2. The fourth-order valence-electron chi connectivity index (χ4n) is 3.22. The summed E-state index contributed by atoms with van der Waals surface area (Å²) in [4.78, 5) is 0.230. The van der Waals surface area contributed by atoms with E-state index in [0.717, 1.165) is 41.4 Å². The summed E-state index contributed by atoms with van der Waals surface area (Å²) in [5.41, 5.74) is 2.86. The Kier molecular flexibility index (Phi) is 4.15. The lowest BCUT2D eigenvalue weighted by Gasteiger charge is -2.21. The molecular formula is C19H17ClN2O2S. The highest BCUT2D eigenvalue weighted by Crippen LogP contribution is 2.28. The summed E-state index contributed by atoms with van der Waals surface area (Å²) in [5, 5.41) is 5.55. The van der Waals surface area contributed by atoms with E-state index < -0.39 is 10.0 Å². The molecule has 2 N–H and O–H groups in total. The molecule has 0 amide bonds. The van der Waals surface area contributed by atoms with E-state index >= 15 is 0 Å². The van der Waals surface area contributed by atoms with Crippen LogP contribution >= 0.6 is 11.6 Å². The van der Waals surface area contributed by atoms with Gasteiger partial charge in [0.1, 0.15) is 0 Å². The standard InChI is InChI=1S/C19H17ClN2O2S/c20-18-5-1-3-13-11-15(7-8-16(13)18)25(23,24)22-19-6-2-4-14-12-21-10-9-17(14)19/h1-8,11,21-22H,9-10,12H2. The minimum Gasteiger partial charge on any atom is -0.312 e. The summed E-state index contributed by atoms with van der Waals surface area (Å²) >= 11 is 6.16. The van der Waals surface area contributed by atoms with Gasteiger partial charge >= 0.3 is 0 Å². The van der Waals surface area contributed by atoms with Crippen LogP contribution in [0.3, 0.4) is 0 Å². The van der Waals surface area contributed by atoms with Crippen molar-refractivity contribution in [3.8, 4) is 0 Å². The molecule has 0 atom stereocenters. The average Bonchev–Trinajstić information content (AvgIpc) is 2.62. The van der Waals surface area contributed by atoms with E-state index in [0.29, 0.717) is 10.7 Å². The number of rotatable bonds is 3. The first-order valence-corrected chi connectivity index (χ1v) is 9.93. The number of fused-ring (bicyclic) bond motifs is 2. The molecule has 3 aromatic carbocycles. The first kappa shape index (κ1) is 16.4. The molecule has 3 aromatic rings. The van der Waals surface area contributed by atoms with Gasteiger partial charge in [0, 0.05) is 17.0 Å². The van der Waals surface area contributed by atoms with Gasteiger partial charge in [-0.1, -0.05) is 41.9 Å². The highest BCUT2D eigenvalue weighted by Gasteiger charge is 2.19. The van der Waals surface area contributed by atoms with Gasteiger partial charge in [-0.3, -0.25) is 4.72 Å².